The van der Waals surface area contributed by atoms with Crippen LogP contribution < -0.4 is 5.32 Å². The highest BCUT2D eigenvalue weighted by atomic mass is 15.3. The van der Waals surface area contributed by atoms with E-state index >= 15 is 0 Å². The third-order valence-corrected chi connectivity index (χ3v) is 4.29. The third kappa shape index (κ3) is 3.48. The van der Waals surface area contributed by atoms with E-state index in [4.69, 9.17) is 0 Å². The lowest BCUT2D eigenvalue weighted by atomic mass is 9.82. The smallest absolute Gasteiger partial charge is 0.0859 e. The monoisotopic (exact) mass is 264 g/mol. The molecular weight excluding hydrogens is 236 g/mol. The van der Waals surface area contributed by atoms with E-state index in [1.807, 2.05) is 12.7 Å². The predicted molar refractivity (Wildman–Crippen MR) is 82.0 cm³/mol. The Bertz CT molecular complexity index is 374. The molecule has 0 saturated carbocycles. The fraction of sp³-hybridized carbons (Fsp3) is 0.867. The van der Waals surface area contributed by atoms with Gasteiger partial charge in [-0.2, -0.15) is 0 Å². The standard InChI is InChI=1S/C15H28N4/c1-12(7-15(5)9-16-10-18-15)6-14(3,4)19-8-13(2)17-11-19/h10-13H,6-9H2,1-5H3,(H,16,18). The molecule has 2 rings (SSSR count). The second kappa shape index (κ2) is 5.14. The van der Waals surface area contributed by atoms with Crippen molar-refractivity contribution in [2.24, 2.45) is 15.9 Å². The highest BCUT2D eigenvalue weighted by Gasteiger charge is 2.34. The van der Waals surface area contributed by atoms with Crippen LogP contribution in [0.25, 0.3) is 0 Å². The Morgan fingerprint density at radius 3 is 2.79 bits per heavy atom. The molecule has 19 heavy (non-hydrogen) atoms. The third-order valence-electron chi connectivity index (χ3n) is 4.29. The lowest BCUT2D eigenvalue weighted by Gasteiger charge is -2.38. The van der Waals surface area contributed by atoms with Crippen molar-refractivity contribution < 1.29 is 0 Å². The van der Waals surface area contributed by atoms with Crippen molar-refractivity contribution in [2.45, 2.75) is 64.6 Å². The molecule has 0 aliphatic carbocycles. The van der Waals surface area contributed by atoms with Crippen molar-refractivity contribution in [3.63, 3.8) is 0 Å². The van der Waals surface area contributed by atoms with Crippen LogP contribution in [0.5, 0.6) is 0 Å². The summed E-state index contributed by atoms with van der Waals surface area (Å²) >= 11 is 0. The minimum atomic E-state index is 0.0852. The van der Waals surface area contributed by atoms with Crippen LogP contribution in [0.4, 0.5) is 0 Å². The normalized spacial score (nSPS) is 31.8. The Hall–Kier alpha value is -1.06. The van der Waals surface area contributed by atoms with Crippen LogP contribution in [-0.4, -0.2) is 47.8 Å². The number of hydrogen-bond donors (Lipinski definition) is 1. The summed E-state index contributed by atoms with van der Waals surface area (Å²) in [4.78, 5) is 11.4. The summed E-state index contributed by atoms with van der Waals surface area (Å²) in [6, 6.07) is 0.440. The summed E-state index contributed by atoms with van der Waals surface area (Å²) in [5.74, 6) is 0.654. The number of hydrogen-bond acceptors (Lipinski definition) is 4. The second-order valence-electron chi connectivity index (χ2n) is 7.23. The molecule has 0 bridgehead atoms. The number of rotatable bonds is 5. The lowest BCUT2D eigenvalue weighted by Crippen LogP contribution is -2.44. The van der Waals surface area contributed by atoms with E-state index in [2.05, 4.69) is 54.8 Å². The first-order valence-electron chi connectivity index (χ1n) is 7.38. The van der Waals surface area contributed by atoms with Gasteiger partial charge in [-0.1, -0.05) is 6.92 Å². The molecule has 0 aromatic carbocycles. The minimum absolute atomic E-state index is 0.0852. The van der Waals surface area contributed by atoms with Gasteiger partial charge in [0.25, 0.3) is 0 Å². The fourth-order valence-corrected chi connectivity index (χ4v) is 3.41. The van der Waals surface area contributed by atoms with Crippen molar-refractivity contribution in [1.29, 1.82) is 0 Å². The summed E-state index contributed by atoms with van der Waals surface area (Å²) in [5, 5.41) is 3.22. The van der Waals surface area contributed by atoms with E-state index in [0.29, 0.717) is 12.0 Å². The molecular formula is C15H28N4. The summed E-state index contributed by atoms with van der Waals surface area (Å²) in [6.07, 6.45) is 6.21. The number of nitrogens with zero attached hydrogens (tertiary/aromatic N) is 3. The predicted octanol–water partition coefficient (Wildman–Crippen LogP) is 2.30. The van der Waals surface area contributed by atoms with E-state index in [1.165, 1.54) is 6.42 Å². The van der Waals surface area contributed by atoms with Gasteiger partial charge in [0.15, 0.2) is 0 Å². The molecule has 0 aromatic rings. The van der Waals surface area contributed by atoms with Crippen molar-refractivity contribution in [3.8, 4) is 0 Å². The maximum atomic E-state index is 4.57. The zero-order valence-electron chi connectivity index (χ0n) is 13.0. The van der Waals surface area contributed by atoms with Crippen molar-refractivity contribution >= 4 is 12.7 Å². The van der Waals surface area contributed by atoms with Crippen LogP contribution in [0.1, 0.15) is 47.5 Å². The number of nitrogens with one attached hydrogen (secondary N) is 1. The highest BCUT2D eigenvalue weighted by Crippen LogP contribution is 2.31. The molecule has 0 amide bonds. The Balaban J connectivity index is 1.89. The van der Waals surface area contributed by atoms with Crippen molar-refractivity contribution in [2.75, 3.05) is 13.1 Å². The van der Waals surface area contributed by atoms with E-state index in [-0.39, 0.29) is 11.1 Å². The number of aliphatic imine (C=N–C) groups is 2. The topological polar surface area (TPSA) is 40.0 Å². The largest absolute Gasteiger partial charge is 0.374 e. The minimum Gasteiger partial charge on any atom is -0.374 e. The van der Waals surface area contributed by atoms with Crippen LogP contribution in [0.2, 0.25) is 0 Å². The molecule has 0 spiro atoms. The first-order chi connectivity index (χ1) is 8.81. The van der Waals surface area contributed by atoms with Gasteiger partial charge in [0.05, 0.1) is 24.3 Å². The van der Waals surface area contributed by atoms with Crippen LogP contribution in [0, 0.1) is 5.92 Å². The Kier molecular flexibility index (Phi) is 3.88. The van der Waals surface area contributed by atoms with E-state index in [0.717, 1.165) is 19.5 Å². The Morgan fingerprint density at radius 1 is 1.53 bits per heavy atom. The molecule has 2 aliphatic rings. The van der Waals surface area contributed by atoms with Gasteiger partial charge in [-0.25, -0.2) is 0 Å². The maximum absolute atomic E-state index is 4.57. The van der Waals surface area contributed by atoms with Gasteiger partial charge < -0.3 is 10.2 Å². The van der Waals surface area contributed by atoms with Crippen LogP contribution in [0.15, 0.2) is 9.98 Å². The van der Waals surface area contributed by atoms with Gasteiger partial charge in [0.1, 0.15) is 0 Å². The van der Waals surface area contributed by atoms with Crippen LogP contribution >= 0.6 is 0 Å². The fourth-order valence-electron chi connectivity index (χ4n) is 3.41. The van der Waals surface area contributed by atoms with Gasteiger partial charge in [-0.15, -0.1) is 0 Å². The summed E-state index contributed by atoms with van der Waals surface area (Å²) < 4.78 is 0. The van der Waals surface area contributed by atoms with Crippen LogP contribution in [-0.2, 0) is 0 Å². The summed E-state index contributed by atoms with van der Waals surface area (Å²) in [6.45, 7) is 13.4. The zero-order valence-corrected chi connectivity index (χ0v) is 13.0. The van der Waals surface area contributed by atoms with E-state index in [9.17, 15) is 0 Å². The molecule has 108 valence electrons. The van der Waals surface area contributed by atoms with Gasteiger partial charge in [-0.05, 0) is 46.5 Å². The molecule has 0 radical (unpaired) electrons. The first-order valence-corrected chi connectivity index (χ1v) is 7.38. The molecule has 2 aliphatic heterocycles. The molecule has 1 N–H and O–H groups in total. The second-order valence-corrected chi connectivity index (χ2v) is 7.23. The molecule has 4 heteroatoms. The molecule has 0 saturated heterocycles. The quantitative estimate of drug-likeness (QED) is 0.827. The molecule has 0 aromatic heterocycles. The van der Waals surface area contributed by atoms with Crippen LogP contribution in [0.3, 0.4) is 0 Å². The Morgan fingerprint density at radius 2 is 2.26 bits per heavy atom. The molecule has 4 nitrogen and oxygen atoms in total. The lowest BCUT2D eigenvalue weighted by molar-refractivity contribution is 0.175. The maximum Gasteiger partial charge on any atom is 0.0859 e. The van der Waals surface area contributed by atoms with E-state index < -0.39 is 0 Å². The first kappa shape index (κ1) is 14.4. The van der Waals surface area contributed by atoms with Gasteiger partial charge >= 0.3 is 0 Å². The Labute approximate surface area is 117 Å². The van der Waals surface area contributed by atoms with Gasteiger partial charge in [-0.3, -0.25) is 9.98 Å². The average Bonchev–Trinajstić information content (AvgIpc) is 2.86. The SMILES string of the molecule is CC(CC1(C)CNC=N1)CC(C)(C)N1C=NC(C)C1. The molecule has 3 atom stereocenters. The molecule has 0 fully saturated rings. The van der Waals surface area contributed by atoms with Crippen molar-refractivity contribution in [1.82, 2.24) is 10.2 Å². The average molecular weight is 264 g/mol. The summed E-state index contributed by atoms with van der Waals surface area (Å²) in [7, 11) is 0. The molecule has 2 heterocycles. The highest BCUT2D eigenvalue weighted by molar-refractivity contribution is 5.59. The van der Waals surface area contributed by atoms with Gasteiger partial charge in [0.2, 0.25) is 0 Å². The van der Waals surface area contributed by atoms with Crippen molar-refractivity contribution in [3.05, 3.63) is 0 Å². The summed E-state index contributed by atoms with van der Waals surface area (Å²) in [5.41, 5.74) is 0.266. The zero-order chi connectivity index (χ0) is 14.1. The van der Waals surface area contributed by atoms with Gasteiger partial charge in [0, 0.05) is 18.6 Å². The van der Waals surface area contributed by atoms with E-state index in [1.54, 1.807) is 0 Å². The molecule has 3 unspecified atom stereocenters.